The van der Waals surface area contributed by atoms with Crippen LogP contribution in [-0.4, -0.2) is 4.98 Å². The molecular formula is C10H12N2S. The van der Waals surface area contributed by atoms with E-state index >= 15 is 0 Å². The summed E-state index contributed by atoms with van der Waals surface area (Å²) in [6, 6.07) is 4.01. The number of fused-ring (bicyclic) bond motifs is 1. The van der Waals surface area contributed by atoms with Crippen LogP contribution in [0.25, 0.3) is 10.2 Å². The molecule has 0 saturated heterocycles. The standard InChI is InChI=1S/C10H12N2S/c1-3-7-4-8(11)5-9-10(7)12-6(2)13-9/h4-5H,3,11H2,1-2H3. The van der Waals surface area contributed by atoms with Gasteiger partial charge in [0.25, 0.3) is 0 Å². The third-order valence-corrected chi connectivity index (χ3v) is 3.00. The lowest BCUT2D eigenvalue weighted by molar-refractivity contribution is 1.15. The molecule has 1 aromatic heterocycles. The van der Waals surface area contributed by atoms with Gasteiger partial charge in [-0.1, -0.05) is 6.92 Å². The van der Waals surface area contributed by atoms with Crippen molar-refractivity contribution in [3.63, 3.8) is 0 Å². The molecule has 0 unspecified atom stereocenters. The van der Waals surface area contributed by atoms with Crippen molar-refractivity contribution in [3.05, 3.63) is 22.7 Å². The molecule has 3 heteroatoms. The normalized spacial score (nSPS) is 10.9. The number of benzene rings is 1. The summed E-state index contributed by atoms with van der Waals surface area (Å²) in [5.74, 6) is 0. The van der Waals surface area contributed by atoms with Crippen LogP contribution in [0.4, 0.5) is 5.69 Å². The molecule has 2 aromatic rings. The van der Waals surface area contributed by atoms with Gasteiger partial charge in [-0.15, -0.1) is 11.3 Å². The minimum Gasteiger partial charge on any atom is -0.399 e. The quantitative estimate of drug-likeness (QED) is 0.706. The first-order valence-electron chi connectivity index (χ1n) is 4.36. The van der Waals surface area contributed by atoms with E-state index in [2.05, 4.69) is 11.9 Å². The van der Waals surface area contributed by atoms with Crippen molar-refractivity contribution in [2.45, 2.75) is 20.3 Å². The number of hydrogen-bond acceptors (Lipinski definition) is 3. The fourth-order valence-corrected chi connectivity index (χ4v) is 2.43. The van der Waals surface area contributed by atoms with Gasteiger partial charge in [0, 0.05) is 5.69 Å². The molecule has 1 heterocycles. The number of rotatable bonds is 1. The zero-order chi connectivity index (χ0) is 9.42. The van der Waals surface area contributed by atoms with E-state index in [-0.39, 0.29) is 0 Å². The lowest BCUT2D eigenvalue weighted by Gasteiger charge is -1.99. The highest BCUT2D eigenvalue weighted by Gasteiger charge is 2.05. The average molecular weight is 192 g/mol. The zero-order valence-corrected chi connectivity index (χ0v) is 8.61. The lowest BCUT2D eigenvalue weighted by atomic mass is 10.1. The van der Waals surface area contributed by atoms with Gasteiger partial charge in [0.2, 0.25) is 0 Å². The summed E-state index contributed by atoms with van der Waals surface area (Å²) in [7, 11) is 0. The second-order valence-corrected chi connectivity index (χ2v) is 4.35. The lowest BCUT2D eigenvalue weighted by Crippen LogP contribution is -1.88. The topological polar surface area (TPSA) is 38.9 Å². The molecular weight excluding hydrogens is 180 g/mol. The molecule has 0 atom stereocenters. The molecule has 2 rings (SSSR count). The molecule has 0 spiro atoms. The number of nitrogen functional groups attached to an aromatic ring is 1. The predicted octanol–water partition coefficient (Wildman–Crippen LogP) is 2.75. The molecule has 0 radical (unpaired) electrons. The molecule has 2 N–H and O–H groups in total. The first-order valence-corrected chi connectivity index (χ1v) is 5.18. The third-order valence-electron chi connectivity index (χ3n) is 2.08. The van der Waals surface area contributed by atoms with Gasteiger partial charge in [0.15, 0.2) is 0 Å². The van der Waals surface area contributed by atoms with Crippen LogP contribution in [0, 0.1) is 6.92 Å². The molecule has 2 nitrogen and oxygen atoms in total. The van der Waals surface area contributed by atoms with Crippen molar-refractivity contribution in [2.24, 2.45) is 0 Å². The van der Waals surface area contributed by atoms with E-state index in [0.717, 1.165) is 22.6 Å². The Bertz CT molecular complexity index is 445. The monoisotopic (exact) mass is 192 g/mol. The maximum Gasteiger partial charge on any atom is 0.0907 e. The van der Waals surface area contributed by atoms with E-state index in [9.17, 15) is 0 Å². The summed E-state index contributed by atoms with van der Waals surface area (Å²) >= 11 is 1.70. The van der Waals surface area contributed by atoms with Gasteiger partial charge in [0.1, 0.15) is 0 Å². The van der Waals surface area contributed by atoms with Crippen LogP contribution in [0.1, 0.15) is 17.5 Å². The number of anilines is 1. The van der Waals surface area contributed by atoms with Crippen LogP contribution in [0.3, 0.4) is 0 Å². The summed E-state index contributed by atoms with van der Waals surface area (Å²) in [6.45, 7) is 4.16. The van der Waals surface area contributed by atoms with Gasteiger partial charge in [-0.25, -0.2) is 4.98 Å². The van der Waals surface area contributed by atoms with Gasteiger partial charge in [-0.3, -0.25) is 0 Å². The number of thiazole rings is 1. The van der Waals surface area contributed by atoms with E-state index in [0.29, 0.717) is 0 Å². The van der Waals surface area contributed by atoms with Gasteiger partial charge in [-0.05, 0) is 31.0 Å². The Kier molecular flexibility index (Phi) is 1.96. The van der Waals surface area contributed by atoms with Gasteiger partial charge in [-0.2, -0.15) is 0 Å². The highest BCUT2D eigenvalue weighted by atomic mass is 32.1. The maximum atomic E-state index is 5.79. The summed E-state index contributed by atoms with van der Waals surface area (Å²) < 4.78 is 1.20. The van der Waals surface area contributed by atoms with Crippen LogP contribution >= 0.6 is 11.3 Å². The van der Waals surface area contributed by atoms with Gasteiger partial charge in [0.05, 0.1) is 15.2 Å². The Labute approximate surface area is 81.4 Å². The van der Waals surface area contributed by atoms with Crippen LogP contribution < -0.4 is 5.73 Å². The van der Waals surface area contributed by atoms with Crippen LogP contribution in [0.15, 0.2) is 12.1 Å². The number of nitrogens with two attached hydrogens (primary N) is 1. The van der Waals surface area contributed by atoms with Crippen LogP contribution in [0.5, 0.6) is 0 Å². The second kappa shape index (κ2) is 3.00. The Morgan fingerprint density at radius 3 is 2.92 bits per heavy atom. The van der Waals surface area contributed by atoms with Crippen molar-refractivity contribution >= 4 is 27.2 Å². The predicted molar refractivity (Wildman–Crippen MR) is 58.1 cm³/mol. The van der Waals surface area contributed by atoms with Crippen molar-refractivity contribution in [3.8, 4) is 0 Å². The summed E-state index contributed by atoms with van der Waals surface area (Å²) in [6.07, 6.45) is 0.991. The van der Waals surface area contributed by atoms with Crippen molar-refractivity contribution < 1.29 is 0 Å². The first kappa shape index (κ1) is 8.51. The van der Waals surface area contributed by atoms with Crippen molar-refractivity contribution in [1.82, 2.24) is 4.98 Å². The second-order valence-electron chi connectivity index (χ2n) is 3.11. The zero-order valence-electron chi connectivity index (χ0n) is 7.79. The smallest absolute Gasteiger partial charge is 0.0907 e. The SMILES string of the molecule is CCc1cc(N)cc2sc(C)nc12. The minimum atomic E-state index is 0.841. The largest absolute Gasteiger partial charge is 0.399 e. The fraction of sp³-hybridized carbons (Fsp3) is 0.300. The Morgan fingerprint density at radius 1 is 1.46 bits per heavy atom. The minimum absolute atomic E-state index is 0.841. The number of nitrogens with zero attached hydrogens (tertiary/aromatic N) is 1. The van der Waals surface area contributed by atoms with Crippen LogP contribution in [0.2, 0.25) is 0 Å². The molecule has 0 fully saturated rings. The summed E-state index contributed by atoms with van der Waals surface area (Å²) in [5.41, 5.74) is 9.00. The molecule has 0 aliphatic heterocycles. The third kappa shape index (κ3) is 1.40. The number of aryl methyl sites for hydroxylation is 2. The molecule has 0 saturated carbocycles. The maximum absolute atomic E-state index is 5.79. The molecule has 68 valence electrons. The number of aromatic nitrogens is 1. The Hall–Kier alpha value is -1.09. The Morgan fingerprint density at radius 2 is 2.23 bits per heavy atom. The first-order chi connectivity index (χ1) is 6.20. The molecule has 0 aliphatic rings. The van der Waals surface area contributed by atoms with Gasteiger partial charge < -0.3 is 5.73 Å². The molecule has 0 bridgehead atoms. The average Bonchev–Trinajstić information content (AvgIpc) is 2.43. The van der Waals surface area contributed by atoms with E-state index in [1.807, 2.05) is 19.1 Å². The van der Waals surface area contributed by atoms with Crippen molar-refractivity contribution in [1.29, 1.82) is 0 Å². The van der Waals surface area contributed by atoms with E-state index in [1.54, 1.807) is 11.3 Å². The highest BCUT2D eigenvalue weighted by molar-refractivity contribution is 7.18. The van der Waals surface area contributed by atoms with E-state index in [4.69, 9.17) is 5.73 Å². The Balaban J connectivity index is 2.80. The number of hydrogen-bond donors (Lipinski definition) is 1. The van der Waals surface area contributed by atoms with Crippen molar-refractivity contribution in [2.75, 3.05) is 5.73 Å². The molecule has 13 heavy (non-hydrogen) atoms. The molecule has 0 amide bonds. The highest BCUT2D eigenvalue weighted by Crippen LogP contribution is 2.27. The molecule has 1 aromatic carbocycles. The summed E-state index contributed by atoms with van der Waals surface area (Å²) in [5, 5.41) is 1.11. The van der Waals surface area contributed by atoms with E-state index in [1.165, 1.54) is 10.3 Å². The fourth-order valence-electron chi connectivity index (χ4n) is 1.50. The summed E-state index contributed by atoms with van der Waals surface area (Å²) in [4.78, 5) is 4.49. The van der Waals surface area contributed by atoms with E-state index < -0.39 is 0 Å². The molecule has 0 aliphatic carbocycles. The van der Waals surface area contributed by atoms with Crippen LogP contribution in [-0.2, 0) is 6.42 Å². The van der Waals surface area contributed by atoms with Gasteiger partial charge >= 0.3 is 0 Å².